The van der Waals surface area contributed by atoms with Gasteiger partial charge in [0.05, 0.1) is 24.5 Å². The van der Waals surface area contributed by atoms with E-state index in [1.807, 2.05) is 19.9 Å². The summed E-state index contributed by atoms with van der Waals surface area (Å²) < 4.78 is 12.0. The minimum atomic E-state index is -0.509. The number of aromatic nitrogens is 3. The van der Waals surface area contributed by atoms with E-state index in [-0.39, 0.29) is 35.1 Å². The Morgan fingerprint density at radius 2 is 2.10 bits per heavy atom. The van der Waals surface area contributed by atoms with E-state index in [1.54, 1.807) is 14.0 Å². The van der Waals surface area contributed by atoms with Crippen molar-refractivity contribution in [1.82, 2.24) is 19.9 Å². The van der Waals surface area contributed by atoms with Crippen LogP contribution in [-0.2, 0) is 4.74 Å². The number of nitrogens with zero attached hydrogens (tertiary/aromatic N) is 3. The van der Waals surface area contributed by atoms with Crippen molar-refractivity contribution in [3.05, 3.63) is 39.0 Å². The third-order valence-corrected chi connectivity index (χ3v) is 5.12. The van der Waals surface area contributed by atoms with E-state index in [1.165, 1.54) is 10.8 Å². The number of anilines is 2. The van der Waals surface area contributed by atoms with Crippen molar-refractivity contribution < 1.29 is 14.3 Å². The van der Waals surface area contributed by atoms with Gasteiger partial charge in [-0.05, 0) is 45.6 Å². The van der Waals surface area contributed by atoms with Gasteiger partial charge in [-0.3, -0.25) is 4.79 Å². The van der Waals surface area contributed by atoms with E-state index in [0.29, 0.717) is 23.8 Å². The van der Waals surface area contributed by atoms with E-state index in [0.717, 1.165) is 18.4 Å². The molecule has 9 nitrogen and oxygen atoms in total. The second kappa shape index (κ2) is 9.34. The highest BCUT2D eigenvalue weighted by atomic mass is 35.5. The minimum absolute atomic E-state index is 0.0818. The Hall–Kier alpha value is -2.81. The standard InChI is InChI=1S/C20H26ClN5O4/c1-5-22-20(28)30-10-15(13-6-7-13)26-9-16(21)25-17(19(26)27)24-14-8-11(2)18(29-4)23-12(14)3/h8-9,13,15H,5-7,10H2,1-4H3,(H,22,28)(H,24,25)/t15-/m1/s1. The predicted molar refractivity (Wildman–Crippen MR) is 114 cm³/mol. The van der Waals surface area contributed by atoms with E-state index in [2.05, 4.69) is 20.6 Å². The monoisotopic (exact) mass is 435 g/mol. The van der Waals surface area contributed by atoms with Crippen LogP contribution in [0.2, 0.25) is 5.15 Å². The van der Waals surface area contributed by atoms with Gasteiger partial charge in [0, 0.05) is 18.3 Å². The van der Waals surface area contributed by atoms with Gasteiger partial charge >= 0.3 is 6.09 Å². The molecule has 2 N–H and O–H groups in total. The second-order valence-electron chi connectivity index (χ2n) is 7.23. The summed E-state index contributed by atoms with van der Waals surface area (Å²) in [5.41, 5.74) is 1.76. The summed E-state index contributed by atoms with van der Waals surface area (Å²) in [7, 11) is 1.56. The molecular formula is C20H26ClN5O4. The van der Waals surface area contributed by atoms with Gasteiger partial charge in [-0.2, -0.15) is 0 Å². The summed E-state index contributed by atoms with van der Waals surface area (Å²) in [6.45, 7) is 6.03. The molecule has 1 atom stereocenters. The van der Waals surface area contributed by atoms with Crippen molar-refractivity contribution in [2.75, 3.05) is 25.6 Å². The van der Waals surface area contributed by atoms with Gasteiger partial charge in [-0.1, -0.05) is 11.6 Å². The average Bonchev–Trinajstić information content (AvgIpc) is 3.53. The van der Waals surface area contributed by atoms with Gasteiger partial charge in [-0.15, -0.1) is 0 Å². The molecule has 2 heterocycles. The van der Waals surface area contributed by atoms with Gasteiger partial charge in [-0.25, -0.2) is 14.8 Å². The summed E-state index contributed by atoms with van der Waals surface area (Å²) in [5.74, 6) is 0.849. The molecule has 3 rings (SSSR count). The van der Waals surface area contributed by atoms with E-state index in [4.69, 9.17) is 21.1 Å². The zero-order valence-corrected chi connectivity index (χ0v) is 18.2. The molecule has 0 bridgehead atoms. The minimum Gasteiger partial charge on any atom is -0.481 e. The molecule has 10 heteroatoms. The Bertz CT molecular complexity index is 990. The maximum absolute atomic E-state index is 13.2. The Labute approximate surface area is 179 Å². The van der Waals surface area contributed by atoms with Crippen molar-refractivity contribution >= 4 is 29.2 Å². The van der Waals surface area contributed by atoms with Crippen LogP contribution in [0.5, 0.6) is 5.88 Å². The summed E-state index contributed by atoms with van der Waals surface area (Å²) in [6, 6.07) is 1.53. The van der Waals surface area contributed by atoms with Crippen LogP contribution in [0.3, 0.4) is 0 Å². The SMILES string of the molecule is CCNC(=O)OC[C@H](C1CC1)n1cc(Cl)nc(Nc2cc(C)c(OC)nc2C)c1=O. The van der Waals surface area contributed by atoms with Crippen molar-refractivity contribution in [2.24, 2.45) is 5.92 Å². The number of aryl methyl sites for hydroxylation is 2. The van der Waals surface area contributed by atoms with Crippen molar-refractivity contribution in [1.29, 1.82) is 0 Å². The lowest BCUT2D eigenvalue weighted by Crippen LogP contribution is -2.33. The Kier molecular flexibility index (Phi) is 6.81. The van der Waals surface area contributed by atoms with E-state index in [9.17, 15) is 9.59 Å². The van der Waals surface area contributed by atoms with Crippen LogP contribution in [0.25, 0.3) is 0 Å². The smallest absolute Gasteiger partial charge is 0.407 e. The second-order valence-corrected chi connectivity index (χ2v) is 7.62. The van der Waals surface area contributed by atoms with Gasteiger partial charge in [0.1, 0.15) is 11.8 Å². The number of nitrogens with one attached hydrogen (secondary N) is 2. The fraction of sp³-hybridized carbons (Fsp3) is 0.500. The van der Waals surface area contributed by atoms with Crippen molar-refractivity contribution in [3.63, 3.8) is 0 Å². The third kappa shape index (κ3) is 5.02. The van der Waals surface area contributed by atoms with Gasteiger partial charge < -0.3 is 24.7 Å². The first-order chi connectivity index (χ1) is 14.3. The largest absolute Gasteiger partial charge is 0.481 e. The molecule has 2 aromatic rings. The van der Waals surface area contributed by atoms with E-state index >= 15 is 0 Å². The average molecular weight is 436 g/mol. The van der Waals surface area contributed by atoms with Crippen LogP contribution in [0.15, 0.2) is 17.1 Å². The lowest BCUT2D eigenvalue weighted by atomic mass is 10.2. The number of ether oxygens (including phenoxy) is 2. The number of pyridine rings is 1. The number of carbonyl (C=O) groups is 1. The molecule has 0 radical (unpaired) electrons. The number of carbonyl (C=O) groups excluding carboxylic acids is 1. The fourth-order valence-corrected chi connectivity index (χ4v) is 3.42. The molecule has 0 unspecified atom stereocenters. The number of alkyl carbamates (subject to hydrolysis) is 1. The summed E-state index contributed by atoms with van der Waals surface area (Å²) >= 11 is 6.22. The summed E-state index contributed by atoms with van der Waals surface area (Å²) in [5, 5.41) is 5.80. The van der Waals surface area contributed by atoms with Crippen LogP contribution < -0.4 is 20.9 Å². The molecule has 1 amide bonds. The number of hydrogen-bond acceptors (Lipinski definition) is 7. The van der Waals surface area contributed by atoms with Crippen molar-refractivity contribution in [3.8, 4) is 5.88 Å². The first-order valence-electron chi connectivity index (χ1n) is 9.82. The van der Waals surface area contributed by atoms with Crippen LogP contribution in [-0.4, -0.2) is 40.9 Å². The van der Waals surface area contributed by atoms with Crippen LogP contribution >= 0.6 is 11.6 Å². The van der Waals surface area contributed by atoms with Crippen LogP contribution in [0.4, 0.5) is 16.3 Å². The highest BCUT2D eigenvalue weighted by molar-refractivity contribution is 6.29. The van der Waals surface area contributed by atoms with Gasteiger partial charge in [0.25, 0.3) is 5.56 Å². The molecule has 2 aromatic heterocycles. The summed E-state index contributed by atoms with van der Waals surface area (Å²) in [6.07, 6.45) is 2.90. The van der Waals surface area contributed by atoms with Gasteiger partial charge in [0.15, 0.2) is 5.82 Å². The maximum atomic E-state index is 13.2. The lowest BCUT2D eigenvalue weighted by Gasteiger charge is -2.21. The fourth-order valence-electron chi connectivity index (χ4n) is 3.23. The molecule has 0 aliphatic heterocycles. The quantitative estimate of drug-likeness (QED) is 0.654. The molecule has 0 aromatic carbocycles. The molecule has 0 saturated heterocycles. The van der Waals surface area contributed by atoms with Crippen LogP contribution in [0.1, 0.15) is 37.1 Å². The molecule has 1 saturated carbocycles. The molecule has 1 fully saturated rings. The number of amides is 1. The molecule has 30 heavy (non-hydrogen) atoms. The zero-order chi connectivity index (χ0) is 21.8. The zero-order valence-electron chi connectivity index (χ0n) is 17.5. The Balaban J connectivity index is 1.90. The first-order valence-corrected chi connectivity index (χ1v) is 10.2. The maximum Gasteiger partial charge on any atom is 0.407 e. The Morgan fingerprint density at radius 1 is 1.37 bits per heavy atom. The molecular weight excluding hydrogens is 410 g/mol. The lowest BCUT2D eigenvalue weighted by molar-refractivity contribution is 0.123. The normalized spacial score (nSPS) is 14.2. The topological polar surface area (TPSA) is 107 Å². The van der Waals surface area contributed by atoms with E-state index < -0.39 is 6.09 Å². The highest BCUT2D eigenvalue weighted by Crippen LogP contribution is 2.39. The van der Waals surface area contributed by atoms with Crippen LogP contribution in [0, 0.1) is 19.8 Å². The molecule has 1 aliphatic rings. The Morgan fingerprint density at radius 3 is 2.73 bits per heavy atom. The van der Waals surface area contributed by atoms with Crippen molar-refractivity contribution in [2.45, 2.75) is 39.7 Å². The number of methoxy groups -OCH3 is 1. The van der Waals surface area contributed by atoms with Gasteiger partial charge in [0.2, 0.25) is 5.88 Å². The summed E-state index contributed by atoms with van der Waals surface area (Å²) in [4.78, 5) is 33.4. The first kappa shape index (κ1) is 21.9. The number of hydrogen-bond donors (Lipinski definition) is 2. The third-order valence-electron chi connectivity index (χ3n) is 4.93. The number of rotatable bonds is 8. The molecule has 0 spiro atoms. The highest BCUT2D eigenvalue weighted by Gasteiger charge is 2.34. The molecule has 162 valence electrons. The number of halogens is 1. The molecule has 1 aliphatic carbocycles. The predicted octanol–water partition coefficient (Wildman–Crippen LogP) is 3.36.